The zero-order valence-electron chi connectivity index (χ0n) is 11.6. The Bertz CT molecular complexity index is 638. The van der Waals surface area contributed by atoms with Crippen molar-refractivity contribution in [3.8, 4) is 0 Å². The highest BCUT2D eigenvalue weighted by Crippen LogP contribution is 2.33. The van der Waals surface area contributed by atoms with E-state index in [0.717, 1.165) is 31.2 Å². The van der Waals surface area contributed by atoms with Crippen molar-refractivity contribution in [3.05, 3.63) is 46.3 Å². The van der Waals surface area contributed by atoms with Gasteiger partial charge in [0.05, 0.1) is 5.54 Å². The van der Waals surface area contributed by atoms with Gasteiger partial charge in [-0.2, -0.15) is 4.98 Å². The first-order valence-corrected chi connectivity index (χ1v) is 7.50. The van der Waals surface area contributed by atoms with Crippen molar-refractivity contribution in [1.29, 1.82) is 0 Å². The Hall–Kier alpha value is -1.46. The van der Waals surface area contributed by atoms with Gasteiger partial charge in [-0.05, 0) is 30.5 Å². The molecular formula is C15H17ClFN3O. The summed E-state index contributed by atoms with van der Waals surface area (Å²) in [4.78, 5) is 4.41. The van der Waals surface area contributed by atoms with Crippen molar-refractivity contribution in [2.75, 3.05) is 0 Å². The van der Waals surface area contributed by atoms with Crippen molar-refractivity contribution in [2.45, 2.75) is 44.1 Å². The summed E-state index contributed by atoms with van der Waals surface area (Å²) >= 11 is 6.01. The van der Waals surface area contributed by atoms with Gasteiger partial charge in [0.1, 0.15) is 5.82 Å². The molecule has 3 rings (SSSR count). The van der Waals surface area contributed by atoms with Gasteiger partial charge in [-0.25, -0.2) is 4.39 Å². The molecule has 1 fully saturated rings. The van der Waals surface area contributed by atoms with E-state index >= 15 is 0 Å². The van der Waals surface area contributed by atoms with Crippen LogP contribution in [0.4, 0.5) is 4.39 Å². The molecule has 1 saturated carbocycles. The molecule has 0 bridgehead atoms. The number of nitrogens with zero attached hydrogens (tertiary/aromatic N) is 2. The summed E-state index contributed by atoms with van der Waals surface area (Å²) in [5.41, 5.74) is 6.63. The average Bonchev–Trinajstić information content (AvgIpc) is 2.92. The van der Waals surface area contributed by atoms with Crippen LogP contribution in [0, 0.1) is 5.82 Å². The van der Waals surface area contributed by atoms with Crippen molar-refractivity contribution >= 4 is 11.6 Å². The van der Waals surface area contributed by atoms with Gasteiger partial charge in [0.25, 0.3) is 0 Å². The van der Waals surface area contributed by atoms with Crippen molar-refractivity contribution in [2.24, 2.45) is 5.73 Å². The van der Waals surface area contributed by atoms with Crippen LogP contribution < -0.4 is 5.73 Å². The molecule has 0 amide bonds. The van der Waals surface area contributed by atoms with Crippen molar-refractivity contribution in [1.82, 2.24) is 10.1 Å². The fourth-order valence-electron chi connectivity index (χ4n) is 2.76. The van der Waals surface area contributed by atoms with Crippen LogP contribution in [0.15, 0.2) is 22.7 Å². The predicted molar refractivity (Wildman–Crippen MR) is 77.5 cm³/mol. The number of hydrogen-bond donors (Lipinski definition) is 1. The van der Waals surface area contributed by atoms with Crippen molar-refractivity contribution < 1.29 is 8.91 Å². The van der Waals surface area contributed by atoms with E-state index in [1.807, 2.05) is 0 Å². The summed E-state index contributed by atoms with van der Waals surface area (Å²) < 4.78 is 18.4. The van der Waals surface area contributed by atoms with Crippen LogP contribution in [0.1, 0.15) is 49.4 Å². The Kier molecular flexibility index (Phi) is 3.95. The van der Waals surface area contributed by atoms with Crippen LogP contribution in [0.2, 0.25) is 5.02 Å². The molecule has 112 valence electrons. The van der Waals surface area contributed by atoms with E-state index in [9.17, 15) is 4.39 Å². The van der Waals surface area contributed by atoms with Gasteiger partial charge in [-0.15, -0.1) is 0 Å². The van der Waals surface area contributed by atoms with E-state index in [4.69, 9.17) is 21.9 Å². The highest BCUT2D eigenvalue weighted by Gasteiger charge is 2.35. The molecule has 0 atom stereocenters. The summed E-state index contributed by atoms with van der Waals surface area (Å²) in [5.74, 6) is 0.657. The second-order valence-electron chi connectivity index (χ2n) is 5.65. The van der Waals surface area contributed by atoms with Crippen LogP contribution in [0.3, 0.4) is 0 Å². The molecular weight excluding hydrogens is 293 g/mol. The Balaban J connectivity index is 1.78. The molecule has 1 heterocycles. The first-order valence-electron chi connectivity index (χ1n) is 7.13. The average molecular weight is 310 g/mol. The lowest BCUT2D eigenvalue weighted by Gasteiger charge is -2.29. The molecule has 1 aromatic carbocycles. The lowest BCUT2D eigenvalue weighted by Crippen LogP contribution is -2.39. The standard InChI is InChI=1S/C15H17ClFN3O/c16-12-9-11(17)5-4-10(12)8-13-19-14(21-20-13)15(18)6-2-1-3-7-15/h4-5,9H,1-3,6-8,18H2. The molecule has 0 saturated heterocycles. The minimum absolute atomic E-state index is 0.360. The molecule has 21 heavy (non-hydrogen) atoms. The molecule has 2 N–H and O–H groups in total. The third-order valence-corrected chi connectivity index (χ3v) is 4.36. The predicted octanol–water partition coefficient (Wildman–Crippen LogP) is 3.57. The zero-order valence-corrected chi connectivity index (χ0v) is 12.4. The Labute approximate surface area is 127 Å². The highest BCUT2D eigenvalue weighted by molar-refractivity contribution is 6.31. The minimum Gasteiger partial charge on any atom is -0.337 e. The fourth-order valence-corrected chi connectivity index (χ4v) is 2.99. The second kappa shape index (κ2) is 5.73. The van der Waals surface area contributed by atoms with E-state index < -0.39 is 5.54 Å². The first kappa shape index (κ1) is 14.5. The van der Waals surface area contributed by atoms with Crippen LogP contribution in [0.25, 0.3) is 0 Å². The minimum atomic E-state index is -0.504. The van der Waals surface area contributed by atoms with Gasteiger partial charge in [0.2, 0.25) is 5.89 Å². The molecule has 6 heteroatoms. The van der Waals surface area contributed by atoms with Crippen LogP contribution >= 0.6 is 11.6 Å². The monoisotopic (exact) mass is 309 g/mol. The summed E-state index contributed by atoms with van der Waals surface area (Å²) in [5, 5.41) is 4.34. The van der Waals surface area contributed by atoms with Crippen LogP contribution in [-0.2, 0) is 12.0 Å². The molecule has 1 aliphatic rings. The molecule has 4 nitrogen and oxygen atoms in total. The highest BCUT2D eigenvalue weighted by atomic mass is 35.5. The Morgan fingerprint density at radius 3 is 2.76 bits per heavy atom. The second-order valence-corrected chi connectivity index (χ2v) is 6.05. The first-order chi connectivity index (χ1) is 10.1. The molecule has 1 aliphatic carbocycles. The van der Waals surface area contributed by atoms with E-state index in [-0.39, 0.29) is 5.82 Å². The quantitative estimate of drug-likeness (QED) is 0.941. The normalized spacial score (nSPS) is 17.9. The molecule has 0 radical (unpaired) electrons. The lowest BCUT2D eigenvalue weighted by molar-refractivity contribution is 0.219. The largest absolute Gasteiger partial charge is 0.337 e. The van der Waals surface area contributed by atoms with E-state index in [1.54, 1.807) is 6.07 Å². The van der Waals surface area contributed by atoms with Gasteiger partial charge < -0.3 is 10.3 Å². The molecule has 2 aromatic rings. The van der Waals surface area contributed by atoms with Gasteiger partial charge >= 0.3 is 0 Å². The maximum Gasteiger partial charge on any atom is 0.246 e. The number of benzene rings is 1. The summed E-state index contributed by atoms with van der Waals surface area (Å²) in [6.45, 7) is 0. The third-order valence-electron chi connectivity index (χ3n) is 4.00. The number of rotatable bonds is 3. The van der Waals surface area contributed by atoms with Gasteiger partial charge in [0, 0.05) is 11.4 Å². The smallest absolute Gasteiger partial charge is 0.246 e. The molecule has 0 unspecified atom stereocenters. The fraction of sp³-hybridized carbons (Fsp3) is 0.467. The number of nitrogens with two attached hydrogens (primary N) is 1. The number of halogens is 2. The van der Waals surface area contributed by atoms with E-state index in [1.165, 1.54) is 18.6 Å². The lowest BCUT2D eigenvalue weighted by atomic mass is 9.82. The maximum atomic E-state index is 13.0. The summed E-state index contributed by atoms with van der Waals surface area (Å²) in [6, 6.07) is 4.28. The Morgan fingerprint density at radius 2 is 2.05 bits per heavy atom. The molecule has 0 aliphatic heterocycles. The SMILES string of the molecule is NC1(c2nc(Cc3ccc(F)cc3Cl)no2)CCCCC1. The van der Waals surface area contributed by atoms with Crippen LogP contribution in [0.5, 0.6) is 0 Å². The van der Waals surface area contributed by atoms with Gasteiger partial charge in [0.15, 0.2) is 5.82 Å². The van der Waals surface area contributed by atoms with Gasteiger partial charge in [-0.3, -0.25) is 0 Å². The number of aromatic nitrogens is 2. The summed E-state index contributed by atoms with van der Waals surface area (Å²) in [7, 11) is 0. The third kappa shape index (κ3) is 3.09. The van der Waals surface area contributed by atoms with Gasteiger partial charge in [-0.1, -0.05) is 42.1 Å². The molecule has 0 spiro atoms. The zero-order chi connectivity index (χ0) is 14.9. The van der Waals surface area contributed by atoms with E-state index in [0.29, 0.717) is 23.2 Å². The van der Waals surface area contributed by atoms with E-state index in [2.05, 4.69) is 10.1 Å². The maximum absolute atomic E-state index is 13.0. The van der Waals surface area contributed by atoms with Crippen molar-refractivity contribution in [3.63, 3.8) is 0 Å². The number of hydrogen-bond acceptors (Lipinski definition) is 4. The Morgan fingerprint density at radius 1 is 1.29 bits per heavy atom. The topological polar surface area (TPSA) is 64.9 Å². The van der Waals surface area contributed by atoms with Crippen LogP contribution in [-0.4, -0.2) is 10.1 Å². The summed E-state index contributed by atoms with van der Waals surface area (Å²) in [6.07, 6.45) is 5.50. The molecule has 1 aromatic heterocycles.